The Balaban J connectivity index is 1.87. The van der Waals surface area contributed by atoms with Crippen molar-refractivity contribution in [3.05, 3.63) is 53.1 Å². The molecule has 0 unspecified atom stereocenters. The molecule has 5 nitrogen and oxygen atoms in total. The lowest BCUT2D eigenvalue weighted by Crippen LogP contribution is -2.36. The maximum absolute atomic E-state index is 12.3. The third-order valence-corrected chi connectivity index (χ3v) is 3.91. The SMILES string of the molecule is CC(=O)N1CCOc2ccc(NC(=O)c3ccccc3Cl)cc21. The third kappa shape index (κ3) is 3.14. The average Bonchev–Trinajstić information content (AvgIpc) is 2.54. The standard InChI is InChI=1S/C17H15ClN2O3/c1-11(21)20-8-9-23-16-7-6-12(10-15(16)20)19-17(22)13-4-2-3-5-14(13)18/h2-7,10H,8-9H2,1H3,(H,19,22). The summed E-state index contributed by atoms with van der Waals surface area (Å²) in [5.74, 6) is 0.257. The predicted octanol–water partition coefficient (Wildman–Crippen LogP) is 3.34. The molecule has 0 saturated heterocycles. The van der Waals surface area contributed by atoms with Gasteiger partial charge in [0.15, 0.2) is 0 Å². The van der Waals surface area contributed by atoms with Crippen LogP contribution in [0.2, 0.25) is 5.02 Å². The second-order valence-corrected chi connectivity index (χ2v) is 5.54. The number of amides is 2. The molecule has 2 amide bonds. The summed E-state index contributed by atoms with van der Waals surface area (Å²) in [5.41, 5.74) is 1.62. The lowest BCUT2D eigenvalue weighted by atomic mass is 10.2. The van der Waals surface area contributed by atoms with E-state index in [1.54, 1.807) is 47.4 Å². The molecule has 1 aliphatic heterocycles. The number of benzene rings is 2. The lowest BCUT2D eigenvalue weighted by Gasteiger charge is -2.29. The van der Waals surface area contributed by atoms with Crippen molar-refractivity contribution in [1.29, 1.82) is 0 Å². The number of carbonyl (C=O) groups excluding carboxylic acids is 2. The Bertz CT molecular complexity index is 776. The van der Waals surface area contributed by atoms with Crippen LogP contribution in [0, 0.1) is 0 Å². The number of rotatable bonds is 2. The van der Waals surface area contributed by atoms with Gasteiger partial charge in [-0.05, 0) is 30.3 Å². The summed E-state index contributed by atoms with van der Waals surface area (Å²) in [5, 5.41) is 3.18. The lowest BCUT2D eigenvalue weighted by molar-refractivity contribution is -0.116. The summed E-state index contributed by atoms with van der Waals surface area (Å²) in [4.78, 5) is 25.7. The summed E-state index contributed by atoms with van der Waals surface area (Å²) >= 11 is 6.03. The number of ether oxygens (including phenoxy) is 1. The van der Waals surface area contributed by atoms with Crippen LogP contribution in [-0.4, -0.2) is 25.0 Å². The second kappa shape index (κ2) is 6.30. The molecule has 1 heterocycles. The molecular formula is C17H15ClN2O3. The zero-order valence-electron chi connectivity index (χ0n) is 12.5. The van der Waals surface area contributed by atoms with Crippen LogP contribution >= 0.6 is 11.6 Å². The highest BCUT2D eigenvalue weighted by molar-refractivity contribution is 6.34. The van der Waals surface area contributed by atoms with Crippen molar-refractivity contribution in [3.63, 3.8) is 0 Å². The fourth-order valence-corrected chi connectivity index (χ4v) is 2.69. The number of nitrogens with one attached hydrogen (secondary N) is 1. The topological polar surface area (TPSA) is 58.6 Å². The number of fused-ring (bicyclic) bond motifs is 1. The van der Waals surface area contributed by atoms with Gasteiger partial charge >= 0.3 is 0 Å². The zero-order chi connectivity index (χ0) is 16.4. The Morgan fingerprint density at radius 1 is 1.22 bits per heavy atom. The monoisotopic (exact) mass is 330 g/mol. The molecule has 2 aromatic carbocycles. The van der Waals surface area contributed by atoms with E-state index in [4.69, 9.17) is 16.3 Å². The summed E-state index contributed by atoms with van der Waals surface area (Å²) in [7, 11) is 0. The summed E-state index contributed by atoms with van der Waals surface area (Å²) < 4.78 is 5.54. The van der Waals surface area contributed by atoms with Crippen LogP contribution < -0.4 is 15.0 Å². The Kier molecular flexibility index (Phi) is 4.21. The van der Waals surface area contributed by atoms with E-state index in [0.29, 0.717) is 40.9 Å². The molecule has 0 radical (unpaired) electrons. The van der Waals surface area contributed by atoms with Crippen LogP contribution in [-0.2, 0) is 4.79 Å². The van der Waals surface area contributed by atoms with Gasteiger partial charge in [-0.3, -0.25) is 9.59 Å². The molecule has 23 heavy (non-hydrogen) atoms. The molecule has 0 aromatic heterocycles. The van der Waals surface area contributed by atoms with E-state index in [2.05, 4.69) is 5.32 Å². The number of anilines is 2. The van der Waals surface area contributed by atoms with Gasteiger partial charge in [-0.1, -0.05) is 23.7 Å². The first-order chi connectivity index (χ1) is 11.1. The zero-order valence-corrected chi connectivity index (χ0v) is 13.3. The van der Waals surface area contributed by atoms with Gasteiger partial charge in [-0.2, -0.15) is 0 Å². The molecule has 118 valence electrons. The van der Waals surface area contributed by atoms with Crippen molar-refractivity contribution >= 4 is 34.8 Å². The van der Waals surface area contributed by atoms with Gasteiger partial charge in [0, 0.05) is 12.6 Å². The molecule has 3 rings (SSSR count). The number of hydrogen-bond donors (Lipinski definition) is 1. The molecule has 1 aliphatic rings. The summed E-state index contributed by atoms with van der Waals surface area (Å²) in [6.45, 7) is 2.45. The highest BCUT2D eigenvalue weighted by atomic mass is 35.5. The van der Waals surface area contributed by atoms with Gasteiger partial charge in [-0.15, -0.1) is 0 Å². The molecule has 0 fully saturated rings. The largest absolute Gasteiger partial charge is 0.490 e. The fourth-order valence-electron chi connectivity index (χ4n) is 2.47. The molecule has 0 aliphatic carbocycles. The predicted molar refractivity (Wildman–Crippen MR) is 89.4 cm³/mol. The van der Waals surface area contributed by atoms with E-state index in [0.717, 1.165) is 0 Å². The Morgan fingerprint density at radius 2 is 2.00 bits per heavy atom. The number of carbonyl (C=O) groups is 2. The van der Waals surface area contributed by atoms with Crippen LogP contribution in [0.15, 0.2) is 42.5 Å². The van der Waals surface area contributed by atoms with Gasteiger partial charge in [0.25, 0.3) is 5.91 Å². The Hall–Kier alpha value is -2.53. The number of hydrogen-bond acceptors (Lipinski definition) is 3. The first-order valence-corrected chi connectivity index (χ1v) is 7.55. The van der Waals surface area contributed by atoms with Gasteiger partial charge in [0.1, 0.15) is 12.4 Å². The summed E-state index contributed by atoms with van der Waals surface area (Å²) in [6.07, 6.45) is 0. The molecule has 0 saturated carbocycles. The fraction of sp³-hybridized carbons (Fsp3) is 0.176. The average molecular weight is 331 g/mol. The van der Waals surface area contributed by atoms with Crippen LogP contribution in [0.5, 0.6) is 5.75 Å². The van der Waals surface area contributed by atoms with Crippen LogP contribution in [0.3, 0.4) is 0 Å². The molecule has 0 spiro atoms. The minimum atomic E-state index is -0.304. The van der Waals surface area contributed by atoms with Crippen LogP contribution in [0.1, 0.15) is 17.3 Å². The van der Waals surface area contributed by atoms with Crippen molar-refractivity contribution < 1.29 is 14.3 Å². The van der Waals surface area contributed by atoms with E-state index in [9.17, 15) is 9.59 Å². The van der Waals surface area contributed by atoms with E-state index in [-0.39, 0.29) is 11.8 Å². The van der Waals surface area contributed by atoms with Gasteiger partial charge in [0.05, 0.1) is 22.8 Å². The van der Waals surface area contributed by atoms with E-state index in [1.165, 1.54) is 6.92 Å². The second-order valence-electron chi connectivity index (χ2n) is 5.14. The van der Waals surface area contributed by atoms with Crippen molar-refractivity contribution in [1.82, 2.24) is 0 Å². The Labute approximate surface area is 138 Å². The van der Waals surface area contributed by atoms with E-state index < -0.39 is 0 Å². The molecule has 0 bridgehead atoms. The Morgan fingerprint density at radius 3 is 2.74 bits per heavy atom. The molecular weight excluding hydrogens is 316 g/mol. The minimum Gasteiger partial charge on any atom is -0.490 e. The van der Waals surface area contributed by atoms with Crippen molar-refractivity contribution in [2.45, 2.75) is 6.92 Å². The quantitative estimate of drug-likeness (QED) is 0.918. The van der Waals surface area contributed by atoms with Crippen molar-refractivity contribution in [3.8, 4) is 5.75 Å². The maximum atomic E-state index is 12.3. The van der Waals surface area contributed by atoms with Gasteiger partial charge in [0.2, 0.25) is 5.91 Å². The molecule has 1 N–H and O–H groups in total. The highest BCUT2D eigenvalue weighted by Crippen LogP contribution is 2.34. The first-order valence-electron chi connectivity index (χ1n) is 7.17. The normalized spacial score (nSPS) is 13.0. The van der Waals surface area contributed by atoms with E-state index >= 15 is 0 Å². The maximum Gasteiger partial charge on any atom is 0.257 e. The van der Waals surface area contributed by atoms with Crippen molar-refractivity contribution in [2.75, 3.05) is 23.4 Å². The van der Waals surface area contributed by atoms with Gasteiger partial charge < -0.3 is 15.0 Å². The van der Waals surface area contributed by atoms with Crippen LogP contribution in [0.25, 0.3) is 0 Å². The van der Waals surface area contributed by atoms with Crippen LogP contribution in [0.4, 0.5) is 11.4 Å². The first kappa shape index (κ1) is 15.4. The highest BCUT2D eigenvalue weighted by Gasteiger charge is 2.22. The minimum absolute atomic E-state index is 0.0656. The van der Waals surface area contributed by atoms with Gasteiger partial charge in [-0.25, -0.2) is 0 Å². The number of halogens is 1. The third-order valence-electron chi connectivity index (χ3n) is 3.58. The van der Waals surface area contributed by atoms with E-state index in [1.807, 2.05) is 0 Å². The van der Waals surface area contributed by atoms with Crippen molar-refractivity contribution in [2.24, 2.45) is 0 Å². The molecule has 2 aromatic rings. The number of nitrogens with zero attached hydrogens (tertiary/aromatic N) is 1. The molecule has 0 atom stereocenters. The molecule has 6 heteroatoms. The summed E-state index contributed by atoms with van der Waals surface area (Å²) in [6, 6.07) is 12.0. The smallest absolute Gasteiger partial charge is 0.257 e.